The van der Waals surface area contributed by atoms with Crippen LogP contribution in [0, 0.1) is 5.92 Å². The average Bonchev–Trinajstić information content (AvgIpc) is 3.00. The molecular weight excluding hydrogens is 300 g/mol. The third-order valence-corrected chi connectivity index (χ3v) is 5.11. The highest BCUT2D eigenvalue weighted by atomic mass is 35.5. The Kier molecular flexibility index (Phi) is 5.87. The molecular formula is C16H27ClN4O. The Labute approximate surface area is 138 Å². The number of carbonyl (C=O) groups is 1. The number of hydrogen-bond donors (Lipinski definition) is 1. The topological polar surface area (TPSA) is 50.2 Å². The third-order valence-electron chi connectivity index (χ3n) is 5.11. The van der Waals surface area contributed by atoms with Gasteiger partial charge in [-0.2, -0.15) is 5.10 Å². The number of likely N-dealkylation sites (tertiary alicyclic amines) is 1. The van der Waals surface area contributed by atoms with Gasteiger partial charge in [-0.1, -0.05) is 6.92 Å². The minimum atomic E-state index is 0. The summed E-state index contributed by atoms with van der Waals surface area (Å²) in [6.07, 6.45) is 6.59. The second-order valence-electron chi connectivity index (χ2n) is 6.54. The highest BCUT2D eigenvalue weighted by molar-refractivity contribution is 5.92. The van der Waals surface area contributed by atoms with Crippen molar-refractivity contribution in [2.24, 2.45) is 5.92 Å². The van der Waals surface area contributed by atoms with Gasteiger partial charge in [0.25, 0.3) is 5.91 Å². The standard InChI is InChI=1S/C16H26N4O.ClH/c1-12-5-4-9-19(13(12)2)16(21)15-7-10-20(18-15)14-6-3-8-17-11-14;/h7,10,12-14,17H,3-6,8-9,11H2,1-2H3;1H. The van der Waals surface area contributed by atoms with Gasteiger partial charge in [0.2, 0.25) is 0 Å². The van der Waals surface area contributed by atoms with E-state index in [0.717, 1.165) is 32.5 Å². The lowest BCUT2D eigenvalue weighted by molar-refractivity contribution is 0.0543. The van der Waals surface area contributed by atoms with E-state index in [0.29, 0.717) is 23.7 Å². The van der Waals surface area contributed by atoms with Crippen LogP contribution in [-0.2, 0) is 0 Å². The molecule has 0 aromatic carbocycles. The van der Waals surface area contributed by atoms with Crippen LogP contribution < -0.4 is 5.32 Å². The Morgan fingerprint density at radius 1 is 1.32 bits per heavy atom. The largest absolute Gasteiger partial charge is 0.334 e. The number of rotatable bonds is 2. The fourth-order valence-electron chi connectivity index (χ4n) is 3.48. The van der Waals surface area contributed by atoms with Crippen molar-refractivity contribution < 1.29 is 4.79 Å². The monoisotopic (exact) mass is 326 g/mol. The molecule has 1 aromatic rings. The summed E-state index contributed by atoms with van der Waals surface area (Å²) in [6.45, 7) is 7.29. The second-order valence-corrected chi connectivity index (χ2v) is 6.54. The highest BCUT2D eigenvalue weighted by Gasteiger charge is 2.30. The SMILES string of the molecule is CC1CCCN(C(=O)c2ccn(C3CCCNC3)n2)C1C.Cl. The molecule has 3 atom stereocenters. The Bertz CT molecular complexity index is 498. The van der Waals surface area contributed by atoms with E-state index >= 15 is 0 Å². The molecule has 0 aliphatic carbocycles. The maximum Gasteiger partial charge on any atom is 0.274 e. The first-order valence-corrected chi connectivity index (χ1v) is 8.23. The molecule has 2 aliphatic rings. The molecule has 0 spiro atoms. The molecule has 2 aliphatic heterocycles. The zero-order chi connectivity index (χ0) is 14.8. The van der Waals surface area contributed by atoms with Crippen molar-refractivity contribution in [2.45, 2.75) is 51.6 Å². The van der Waals surface area contributed by atoms with Gasteiger partial charge < -0.3 is 10.2 Å². The van der Waals surface area contributed by atoms with Crippen LogP contribution in [0.3, 0.4) is 0 Å². The molecule has 3 unspecified atom stereocenters. The van der Waals surface area contributed by atoms with E-state index in [1.54, 1.807) is 0 Å². The maximum absolute atomic E-state index is 12.7. The molecule has 0 radical (unpaired) electrons. The Balaban J connectivity index is 0.00000176. The summed E-state index contributed by atoms with van der Waals surface area (Å²) in [7, 11) is 0. The van der Waals surface area contributed by atoms with Crippen molar-refractivity contribution in [1.29, 1.82) is 0 Å². The Morgan fingerprint density at radius 2 is 2.14 bits per heavy atom. The van der Waals surface area contributed by atoms with Crippen LogP contribution in [0.1, 0.15) is 56.1 Å². The van der Waals surface area contributed by atoms with E-state index in [9.17, 15) is 4.79 Å². The minimum Gasteiger partial charge on any atom is -0.334 e. The Hall–Kier alpha value is -1.07. The third kappa shape index (κ3) is 3.46. The molecule has 3 rings (SSSR count). The molecule has 22 heavy (non-hydrogen) atoms. The van der Waals surface area contributed by atoms with Gasteiger partial charge in [-0.15, -0.1) is 12.4 Å². The molecule has 1 aromatic heterocycles. The van der Waals surface area contributed by atoms with Gasteiger partial charge in [-0.05, 0) is 51.1 Å². The number of nitrogens with zero attached hydrogens (tertiary/aromatic N) is 3. The van der Waals surface area contributed by atoms with E-state index in [4.69, 9.17) is 0 Å². The molecule has 0 saturated carbocycles. The number of amides is 1. The smallest absolute Gasteiger partial charge is 0.274 e. The number of halogens is 1. The average molecular weight is 327 g/mol. The van der Waals surface area contributed by atoms with Gasteiger partial charge in [-0.25, -0.2) is 0 Å². The summed E-state index contributed by atoms with van der Waals surface area (Å²) in [6, 6.07) is 2.58. The van der Waals surface area contributed by atoms with Crippen molar-refractivity contribution >= 4 is 18.3 Å². The molecule has 5 nitrogen and oxygen atoms in total. The lowest BCUT2D eigenvalue weighted by Gasteiger charge is -2.37. The van der Waals surface area contributed by atoms with Crippen molar-refractivity contribution in [3.63, 3.8) is 0 Å². The number of aromatic nitrogens is 2. The number of carbonyl (C=O) groups excluding carboxylic acids is 1. The van der Waals surface area contributed by atoms with Gasteiger partial charge in [0, 0.05) is 25.3 Å². The minimum absolute atomic E-state index is 0. The second kappa shape index (κ2) is 7.47. The van der Waals surface area contributed by atoms with E-state index in [-0.39, 0.29) is 18.3 Å². The van der Waals surface area contributed by atoms with Gasteiger partial charge >= 0.3 is 0 Å². The van der Waals surface area contributed by atoms with Gasteiger partial charge in [0.05, 0.1) is 6.04 Å². The first-order valence-electron chi connectivity index (χ1n) is 8.23. The van der Waals surface area contributed by atoms with E-state index in [1.807, 2.05) is 21.8 Å². The van der Waals surface area contributed by atoms with Gasteiger partial charge in [0.15, 0.2) is 0 Å². The fraction of sp³-hybridized carbons (Fsp3) is 0.750. The zero-order valence-electron chi connectivity index (χ0n) is 13.5. The normalized spacial score (nSPS) is 29.0. The summed E-state index contributed by atoms with van der Waals surface area (Å²) in [5.74, 6) is 0.670. The number of hydrogen-bond acceptors (Lipinski definition) is 3. The predicted octanol–water partition coefficient (Wildman–Crippen LogP) is 2.49. The molecule has 0 bridgehead atoms. The molecule has 1 amide bonds. The molecule has 3 heterocycles. The summed E-state index contributed by atoms with van der Waals surface area (Å²) in [5.41, 5.74) is 0.599. The van der Waals surface area contributed by atoms with Crippen LogP contribution in [0.2, 0.25) is 0 Å². The van der Waals surface area contributed by atoms with Crippen LogP contribution in [0.4, 0.5) is 0 Å². The van der Waals surface area contributed by atoms with E-state index in [2.05, 4.69) is 24.3 Å². The van der Waals surface area contributed by atoms with E-state index in [1.165, 1.54) is 12.8 Å². The predicted molar refractivity (Wildman–Crippen MR) is 89.5 cm³/mol. The molecule has 124 valence electrons. The summed E-state index contributed by atoms with van der Waals surface area (Å²) in [5, 5.41) is 7.95. The van der Waals surface area contributed by atoms with Crippen molar-refractivity contribution in [1.82, 2.24) is 20.0 Å². The zero-order valence-corrected chi connectivity index (χ0v) is 14.3. The quantitative estimate of drug-likeness (QED) is 0.908. The molecule has 1 N–H and O–H groups in total. The van der Waals surface area contributed by atoms with Crippen LogP contribution in [0.25, 0.3) is 0 Å². The highest BCUT2D eigenvalue weighted by Crippen LogP contribution is 2.24. The summed E-state index contributed by atoms with van der Waals surface area (Å²) in [4.78, 5) is 14.7. The van der Waals surface area contributed by atoms with Crippen molar-refractivity contribution in [2.75, 3.05) is 19.6 Å². The van der Waals surface area contributed by atoms with Crippen molar-refractivity contribution in [3.05, 3.63) is 18.0 Å². The summed E-state index contributed by atoms with van der Waals surface area (Å²) >= 11 is 0. The molecule has 2 fully saturated rings. The van der Waals surface area contributed by atoms with Gasteiger partial charge in [-0.3, -0.25) is 9.48 Å². The fourth-order valence-corrected chi connectivity index (χ4v) is 3.48. The van der Waals surface area contributed by atoms with Crippen LogP contribution >= 0.6 is 12.4 Å². The molecule has 6 heteroatoms. The van der Waals surface area contributed by atoms with Crippen LogP contribution in [0.5, 0.6) is 0 Å². The number of piperidine rings is 2. The van der Waals surface area contributed by atoms with Gasteiger partial charge in [0.1, 0.15) is 5.69 Å². The maximum atomic E-state index is 12.7. The first-order chi connectivity index (χ1) is 10.2. The van der Waals surface area contributed by atoms with Crippen LogP contribution in [-0.4, -0.2) is 46.3 Å². The Morgan fingerprint density at radius 3 is 2.86 bits per heavy atom. The lowest BCUT2D eigenvalue weighted by atomic mass is 9.92. The first kappa shape index (κ1) is 17.3. The molecule has 2 saturated heterocycles. The lowest BCUT2D eigenvalue weighted by Crippen LogP contribution is -2.46. The van der Waals surface area contributed by atoms with Crippen LogP contribution in [0.15, 0.2) is 12.3 Å². The summed E-state index contributed by atoms with van der Waals surface area (Å²) < 4.78 is 1.97. The number of nitrogens with one attached hydrogen (secondary N) is 1. The van der Waals surface area contributed by atoms with E-state index < -0.39 is 0 Å². The van der Waals surface area contributed by atoms with Crippen molar-refractivity contribution in [3.8, 4) is 0 Å².